The van der Waals surface area contributed by atoms with Crippen molar-refractivity contribution in [1.29, 1.82) is 0 Å². The first-order valence-corrected chi connectivity index (χ1v) is 6.20. The smallest absolute Gasteiger partial charge is 0.147 e. The van der Waals surface area contributed by atoms with Crippen molar-refractivity contribution in [2.45, 2.75) is 25.1 Å². The fourth-order valence-electron chi connectivity index (χ4n) is 1.23. The average Bonchev–Trinajstić information content (AvgIpc) is 2.17. The summed E-state index contributed by atoms with van der Waals surface area (Å²) in [7, 11) is 0. The lowest BCUT2D eigenvalue weighted by atomic mass is 10.0. The van der Waals surface area contributed by atoms with Gasteiger partial charge in [0.1, 0.15) is 5.78 Å². The van der Waals surface area contributed by atoms with Gasteiger partial charge in [-0.2, -0.15) is 0 Å². The van der Waals surface area contributed by atoms with E-state index in [0.29, 0.717) is 0 Å². The van der Waals surface area contributed by atoms with Crippen LogP contribution in [-0.4, -0.2) is 5.78 Å². The Hall–Kier alpha value is -0.150. The molecule has 1 aromatic carbocycles. The van der Waals surface area contributed by atoms with Gasteiger partial charge in [0, 0.05) is 4.47 Å². The van der Waals surface area contributed by atoms with Crippen LogP contribution in [0.5, 0.6) is 0 Å². The molecule has 0 amide bonds. The van der Waals surface area contributed by atoms with Crippen molar-refractivity contribution in [2.24, 2.45) is 0 Å². The van der Waals surface area contributed by atoms with Crippen LogP contribution in [0.25, 0.3) is 0 Å². The van der Waals surface area contributed by atoms with Gasteiger partial charge in [0.25, 0.3) is 0 Å². The van der Waals surface area contributed by atoms with Crippen molar-refractivity contribution >= 4 is 37.6 Å². The number of ketones is 1. The van der Waals surface area contributed by atoms with Gasteiger partial charge in [-0.25, -0.2) is 0 Å². The summed E-state index contributed by atoms with van der Waals surface area (Å²) in [4.78, 5) is 11.0. The quantitative estimate of drug-likeness (QED) is 0.769. The third-order valence-corrected chi connectivity index (χ3v) is 3.96. The van der Waals surface area contributed by atoms with Crippen LogP contribution in [0, 0.1) is 0 Å². The van der Waals surface area contributed by atoms with Gasteiger partial charge < -0.3 is 0 Å². The lowest BCUT2D eigenvalue weighted by Crippen LogP contribution is -2.02. The summed E-state index contributed by atoms with van der Waals surface area (Å²) in [5, 5.41) is 0. The molecule has 1 nitrogen and oxygen atoms in total. The molecule has 0 saturated heterocycles. The van der Waals surface area contributed by atoms with Crippen molar-refractivity contribution in [3.8, 4) is 0 Å². The second kappa shape index (κ2) is 5.08. The van der Waals surface area contributed by atoms with Gasteiger partial charge in [-0.1, -0.05) is 50.9 Å². The van der Waals surface area contributed by atoms with E-state index in [1.807, 2.05) is 6.07 Å². The number of carbonyl (C=O) groups is 1. The van der Waals surface area contributed by atoms with E-state index in [4.69, 9.17) is 0 Å². The van der Waals surface area contributed by atoms with Crippen LogP contribution in [0.1, 0.15) is 29.8 Å². The zero-order chi connectivity index (χ0) is 10.7. The number of alkyl halides is 1. The minimum absolute atomic E-state index is 0.124. The molecule has 0 aliphatic heterocycles. The molecule has 0 aromatic heterocycles. The fraction of sp³-hybridized carbons (Fsp3) is 0.364. The summed E-state index contributed by atoms with van der Waals surface area (Å²) in [6.45, 7) is 3.69. The van der Waals surface area contributed by atoms with E-state index in [9.17, 15) is 4.79 Å². The van der Waals surface area contributed by atoms with Gasteiger partial charge >= 0.3 is 0 Å². The molecule has 0 heterocycles. The Morgan fingerprint density at radius 2 is 2.14 bits per heavy atom. The number of hydrogen-bond acceptors (Lipinski definition) is 1. The molecule has 1 rings (SSSR count). The molecule has 0 N–H and O–H groups in total. The molecular formula is C11H12Br2O. The van der Waals surface area contributed by atoms with Crippen LogP contribution in [0.3, 0.4) is 0 Å². The lowest BCUT2D eigenvalue weighted by Gasteiger charge is -2.10. The van der Waals surface area contributed by atoms with Crippen LogP contribution >= 0.6 is 31.9 Å². The van der Waals surface area contributed by atoms with E-state index in [-0.39, 0.29) is 10.6 Å². The van der Waals surface area contributed by atoms with E-state index in [1.165, 1.54) is 5.56 Å². The number of carbonyl (C=O) groups excluding carboxylic acids is 1. The minimum atomic E-state index is -0.205. The molecule has 76 valence electrons. The minimum Gasteiger partial charge on any atom is -0.298 e. The highest BCUT2D eigenvalue weighted by Crippen LogP contribution is 2.31. The predicted molar refractivity (Wildman–Crippen MR) is 65.9 cm³/mol. The second-order valence-corrected chi connectivity index (χ2v) is 4.95. The molecule has 14 heavy (non-hydrogen) atoms. The van der Waals surface area contributed by atoms with Crippen LogP contribution in [0.15, 0.2) is 22.7 Å². The van der Waals surface area contributed by atoms with Gasteiger partial charge in [-0.15, -0.1) is 0 Å². The average molecular weight is 320 g/mol. The standard InChI is InChI=1S/C11H12Br2O/c1-3-8-4-5-10(12)9(6-8)11(13)7(2)14/h4-6,11H,3H2,1-2H3. The third kappa shape index (κ3) is 2.67. The van der Waals surface area contributed by atoms with Crippen LogP contribution in [0.4, 0.5) is 0 Å². The predicted octanol–water partition coefficient (Wildman–Crippen LogP) is 4.04. The maximum Gasteiger partial charge on any atom is 0.147 e. The Kier molecular flexibility index (Phi) is 4.32. The molecule has 0 aliphatic carbocycles. The van der Waals surface area contributed by atoms with E-state index in [1.54, 1.807) is 6.92 Å². The van der Waals surface area contributed by atoms with Crippen LogP contribution in [-0.2, 0) is 11.2 Å². The fourth-order valence-corrected chi connectivity index (χ4v) is 2.39. The first kappa shape index (κ1) is 11.9. The van der Waals surface area contributed by atoms with Crippen molar-refractivity contribution < 1.29 is 4.79 Å². The lowest BCUT2D eigenvalue weighted by molar-refractivity contribution is -0.116. The van der Waals surface area contributed by atoms with E-state index < -0.39 is 0 Å². The van der Waals surface area contributed by atoms with Crippen LogP contribution < -0.4 is 0 Å². The summed E-state index contributed by atoms with van der Waals surface area (Å²) >= 11 is 6.83. The SMILES string of the molecule is CCc1ccc(Br)c(C(Br)C(C)=O)c1. The molecule has 0 fully saturated rings. The molecule has 3 heteroatoms. The molecule has 0 saturated carbocycles. The molecular weight excluding hydrogens is 308 g/mol. The maximum atomic E-state index is 11.2. The van der Waals surface area contributed by atoms with Gasteiger partial charge in [-0.05, 0) is 30.5 Å². The monoisotopic (exact) mass is 318 g/mol. The first-order chi connectivity index (χ1) is 6.56. The number of rotatable bonds is 3. The first-order valence-electron chi connectivity index (χ1n) is 4.49. The summed E-state index contributed by atoms with van der Waals surface area (Å²) < 4.78 is 0.978. The molecule has 0 bridgehead atoms. The topological polar surface area (TPSA) is 17.1 Å². The van der Waals surface area contributed by atoms with Crippen molar-refractivity contribution in [3.05, 3.63) is 33.8 Å². The number of Topliss-reactive ketones (excluding diaryl/α,β-unsaturated/α-hetero) is 1. The van der Waals surface area contributed by atoms with Crippen molar-refractivity contribution in [1.82, 2.24) is 0 Å². The molecule has 0 spiro atoms. The molecule has 0 radical (unpaired) electrons. The summed E-state index contributed by atoms with van der Waals surface area (Å²) in [6.07, 6.45) is 0.984. The van der Waals surface area contributed by atoms with Gasteiger partial charge in [0.05, 0.1) is 4.83 Å². The molecule has 0 aliphatic rings. The van der Waals surface area contributed by atoms with Gasteiger partial charge in [0.2, 0.25) is 0 Å². The van der Waals surface area contributed by atoms with E-state index in [0.717, 1.165) is 16.5 Å². The Balaban J connectivity index is 3.11. The Labute approximate surface area is 101 Å². The Morgan fingerprint density at radius 1 is 1.50 bits per heavy atom. The number of benzene rings is 1. The van der Waals surface area contributed by atoms with Crippen molar-refractivity contribution in [2.75, 3.05) is 0 Å². The highest BCUT2D eigenvalue weighted by Gasteiger charge is 2.15. The number of halogens is 2. The zero-order valence-electron chi connectivity index (χ0n) is 8.18. The Morgan fingerprint density at radius 3 is 2.64 bits per heavy atom. The number of hydrogen-bond donors (Lipinski definition) is 0. The Bertz CT molecular complexity index is 347. The molecule has 1 unspecified atom stereocenters. The summed E-state index contributed by atoms with van der Waals surface area (Å²) in [5.74, 6) is 0.124. The third-order valence-electron chi connectivity index (χ3n) is 2.10. The summed E-state index contributed by atoms with van der Waals surface area (Å²) in [5.41, 5.74) is 2.26. The zero-order valence-corrected chi connectivity index (χ0v) is 11.4. The largest absolute Gasteiger partial charge is 0.298 e. The molecule has 1 aromatic rings. The summed E-state index contributed by atoms with van der Waals surface area (Å²) in [6, 6.07) is 6.11. The normalized spacial score (nSPS) is 12.6. The van der Waals surface area contributed by atoms with Crippen LogP contribution in [0.2, 0.25) is 0 Å². The van der Waals surface area contributed by atoms with Gasteiger partial charge in [0.15, 0.2) is 0 Å². The maximum absolute atomic E-state index is 11.2. The van der Waals surface area contributed by atoms with Gasteiger partial charge in [-0.3, -0.25) is 4.79 Å². The van der Waals surface area contributed by atoms with Crippen molar-refractivity contribution in [3.63, 3.8) is 0 Å². The highest BCUT2D eigenvalue weighted by atomic mass is 79.9. The number of aryl methyl sites for hydroxylation is 1. The second-order valence-electron chi connectivity index (χ2n) is 3.18. The van der Waals surface area contributed by atoms with E-state index >= 15 is 0 Å². The highest BCUT2D eigenvalue weighted by molar-refractivity contribution is 9.11. The molecule has 1 atom stereocenters. The van der Waals surface area contributed by atoms with E-state index in [2.05, 4.69) is 50.9 Å².